The molecule has 7 heteroatoms. The number of benzene rings is 2. The van der Waals surface area contributed by atoms with Crippen molar-refractivity contribution in [2.45, 2.75) is 33.6 Å². The minimum absolute atomic E-state index is 0.147. The molecule has 27 heavy (non-hydrogen) atoms. The summed E-state index contributed by atoms with van der Waals surface area (Å²) in [6.45, 7) is 6.61. The first-order chi connectivity index (χ1) is 12.6. The van der Waals surface area contributed by atoms with Crippen LogP contribution in [0.15, 0.2) is 42.5 Å². The largest absolute Gasteiger partial charge is 0.573 e. The maximum absolute atomic E-state index is 12.3. The van der Waals surface area contributed by atoms with Gasteiger partial charge < -0.3 is 15.4 Å². The molecule has 0 aliphatic heterocycles. The van der Waals surface area contributed by atoms with Gasteiger partial charge in [0.25, 0.3) is 5.91 Å². The standard InChI is InChI=1S/C20H23F3N2O2/c1-13(2)9-10-24-19(26)15-7-8-18(14(3)11-15)25-16-5-4-6-17(12-16)27-20(21,22)23/h4-8,11-13,25H,9-10H2,1-3H3,(H,24,26). The number of rotatable bonds is 7. The smallest absolute Gasteiger partial charge is 0.406 e. The van der Waals surface area contributed by atoms with Crippen LogP contribution in [0.1, 0.15) is 36.2 Å². The van der Waals surface area contributed by atoms with Crippen molar-refractivity contribution in [1.29, 1.82) is 0 Å². The molecule has 0 radical (unpaired) electrons. The molecule has 2 N–H and O–H groups in total. The Balaban J connectivity index is 2.06. The molecule has 0 spiro atoms. The summed E-state index contributed by atoms with van der Waals surface area (Å²) in [6, 6.07) is 10.7. The van der Waals surface area contributed by atoms with E-state index in [0.717, 1.165) is 12.0 Å². The second-order valence-electron chi connectivity index (χ2n) is 6.67. The number of carbonyl (C=O) groups excluding carboxylic acids is 1. The Bertz CT molecular complexity index is 789. The average molecular weight is 380 g/mol. The summed E-state index contributed by atoms with van der Waals surface area (Å²) in [5.41, 5.74) is 2.48. The number of amides is 1. The van der Waals surface area contributed by atoms with Gasteiger partial charge in [-0.1, -0.05) is 19.9 Å². The van der Waals surface area contributed by atoms with Gasteiger partial charge in [0.05, 0.1) is 0 Å². The third-order valence-electron chi connectivity index (χ3n) is 3.84. The lowest BCUT2D eigenvalue weighted by molar-refractivity contribution is -0.274. The third-order valence-corrected chi connectivity index (χ3v) is 3.84. The first-order valence-corrected chi connectivity index (χ1v) is 8.66. The molecule has 2 aromatic rings. The Morgan fingerprint density at radius 1 is 1.15 bits per heavy atom. The van der Waals surface area contributed by atoms with Gasteiger partial charge in [0.1, 0.15) is 5.75 Å². The van der Waals surface area contributed by atoms with Crippen LogP contribution in [0.5, 0.6) is 5.75 Å². The van der Waals surface area contributed by atoms with Crippen molar-refractivity contribution in [1.82, 2.24) is 5.32 Å². The van der Waals surface area contributed by atoms with E-state index in [2.05, 4.69) is 29.2 Å². The minimum atomic E-state index is -4.74. The van der Waals surface area contributed by atoms with Crippen LogP contribution in [-0.2, 0) is 0 Å². The van der Waals surface area contributed by atoms with Gasteiger partial charge in [-0.05, 0) is 55.2 Å². The molecule has 4 nitrogen and oxygen atoms in total. The van der Waals surface area contributed by atoms with E-state index in [1.54, 1.807) is 24.3 Å². The fourth-order valence-electron chi connectivity index (χ4n) is 2.45. The molecule has 0 aliphatic rings. The molecule has 2 aromatic carbocycles. The number of hydrogen-bond donors (Lipinski definition) is 2. The van der Waals surface area contributed by atoms with Crippen molar-refractivity contribution in [3.8, 4) is 5.75 Å². The van der Waals surface area contributed by atoms with Crippen LogP contribution in [0.3, 0.4) is 0 Å². The van der Waals surface area contributed by atoms with Crippen molar-refractivity contribution >= 4 is 17.3 Å². The Hall–Kier alpha value is -2.70. The van der Waals surface area contributed by atoms with Crippen molar-refractivity contribution in [3.05, 3.63) is 53.6 Å². The van der Waals surface area contributed by atoms with Crippen LogP contribution in [0.4, 0.5) is 24.5 Å². The summed E-state index contributed by atoms with van der Waals surface area (Å²) in [5, 5.41) is 5.92. The third kappa shape index (κ3) is 6.84. The van der Waals surface area contributed by atoms with Crippen molar-refractivity contribution in [2.75, 3.05) is 11.9 Å². The zero-order valence-corrected chi connectivity index (χ0v) is 15.5. The summed E-state index contributed by atoms with van der Waals surface area (Å²) >= 11 is 0. The highest BCUT2D eigenvalue weighted by Gasteiger charge is 2.31. The highest BCUT2D eigenvalue weighted by Crippen LogP contribution is 2.28. The molecule has 0 atom stereocenters. The Kier molecular flexibility index (Phi) is 6.71. The number of halogens is 3. The quantitative estimate of drug-likeness (QED) is 0.675. The van der Waals surface area contributed by atoms with E-state index in [4.69, 9.17) is 0 Å². The van der Waals surface area contributed by atoms with Crippen molar-refractivity contribution < 1.29 is 22.7 Å². The fraction of sp³-hybridized carbons (Fsp3) is 0.350. The van der Waals surface area contributed by atoms with Gasteiger partial charge in [0.15, 0.2) is 0 Å². The highest BCUT2D eigenvalue weighted by atomic mass is 19.4. The van der Waals surface area contributed by atoms with E-state index < -0.39 is 6.36 Å². The van der Waals surface area contributed by atoms with Gasteiger partial charge in [-0.25, -0.2) is 0 Å². The van der Waals surface area contributed by atoms with Gasteiger partial charge in [-0.15, -0.1) is 13.2 Å². The lowest BCUT2D eigenvalue weighted by atomic mass is 10.1. The van der Waals surface area contributed by atoms with Gasteiger partial charge in [0.2, 0.25) is 0 Å². The van der Waals surface area contributed by atoms with E-state index >= 15 is 0 Å². The number of hydrogen-bond acceptors (Lipinski definition) is 3. The molecule has 0 saturated heterocycles. The molecule has 0 heterocycles. The van der Waals surface area contributed by atoms with Crippen LogP contribution >= 0.6 is 0 Å². The van der Waals surface area contributed by atoms with Gasteiger partial charge in [-0.2, -0.15) is 0 Å². The lowest BCUT2D eigenvalue weighted by Gasteiger charge is -2.14. The second kappa shape index (κ2) is 8.79. The van der Waals surface area contributed by atoms with Crippen LogP contribution in [0, 0.1) is 12.8 Å². The number of alkyl halides is 3. The fourth-order valence-corrected chi connectivity index (χ4v) is 2.45. The van der Waals surface area contributed by atoms with Crippen LogP contribution in [-0.4, -0.2) is 18.8 Å². The Morgan fingerprint density at radius 3 is 2.52 bits per heavy atom. The monoisotopic (exact) mass is 380 g/mol. The van der Waals surface area contributed by atoms with Crippen LogP contribution in [0.2, 0.25) is 0 Å². The van der Waals surface area contributed by atoms with E-state index in [1.807, 2.05) is 6.92 Å². The molecule has 0 saturated carbocycles. The lowest BCUT2D eigenvalue weighted by Crippen LogP contribution is -2.25. The number of aryl methyl sites for hydroxylation is 1. The molecule has 146 valence electrons. The zero-order chi connectivity index (χ0) is 20.0. The first kappa shape index (κ1) is 20.6. The molecule has 2 rings (SSSR count). The molecule has 1 amide bonds. The number of nitrogens with one attached hydrogen (secondary N) is 2. The molecule has 0 bridgehead atoms. The predicted octanol–water partition coefficient (Wildman–Crippen LogP) is 5.41. The SMILES string of the molecule is Cc1cc(C(=O)NCCC(C)C)ccc1Nc1cccc(OC(F)(F)F)c1. The molecule has 0 unspecified atom stereocenters. The highest BCUT2D eigenvalue weighted by molar-refractivity contribution is 5.95. The van der Waals surface area contributed by atoms with Gasteiger partial charge in [-0.3, -0.25) is 4.79 Å². The van der Waals surface area contributed by atoms with Gasteiger partial charge >= 0.3 is 6.36 Å². The summed E-state index contributed by atoms with van der Waals surface area (Å²) in [4.78, 5) is 12.2. The van der Waals surface area contributed by atoms with Crippen LogP contribution < -0.4 is 15.4 Å². The Labute approximate surface area is 156 Å². The maximum atomic E-state index is 12.3. The normalized spacial score (nSPS) is 11.4. The minimum Gasteiger partial charge on any atom is -0.406 e. The predicted molar refractivity (Wildman–Crippen MR) is 99.4 cm³/mol. The number of ether oxygens (including phenoxy) is 1. The molecular formula is C20H23F3N2O2. The summed E-state index contributed by atoms with van der Waals surface area (Å²) in [6.07, 6.45) is -3.83. The molecule has 0 aromatic heterocycles. The molecule has 0 aliphatic carbocycles. The zero-order valence-electron chi connectivity index (χ0n) is 15.5. The van der Waals surface area contributed by atoms with Crippen LogP contribution in [0.25, 0.3) is 0 Å². The summed E-state index contributed by atoms with van der Waals surface area (Å²) in [5.74, 6) is 0.0629. The molecular weight excluding hydrogens is 357 g/mol. The average Bonchev–Trinajstić information content (AvgIpc) is 2.55. The summed E-state index contributed by atoms with van der Waals surface area (Å²) < 4.78 is 40.9. The van der Waals surface area contributed by atoms with Crippen molar-refractivity contribution in [2.24, 2.45) is 5.92 Å². The van der Waals surface area contributed by atoms with E-state index in [9.17, 15) is 18.0 Å². The molecule has 0 fully saturated rings. The second-order valence-corrected chi connectivity index (χ2v) is 6.67. The van der Waals surface area contributed by atoms with E-state index in [1.165, 1.54) is 18.2 Å². The van der Waals surface area contributed by atoms with E-state index in [-0.39, 0.29) is 11.7 Å². The number of carbonyl (C=O) groups is 1. The number of anilines is 2. The Morgan fingerprint density at radius 2 is 1.89 bits per heavy atom. The maximum Gasteiger partial charge on any atom is 0.573 e. The van der Waals surface area contributed by atoms with Gasteiger partial charge in [0, 0.05) is 29.5 Å². The van der Waals surface area contributed by atoms with E-state index in [0.29, 0.717) is 29.4 Å². The topological polar surface area (TPSA) is 50.4 Å². The summed E-state index contributed by atoms with van der Waals surface area (Å²) in [7, 11) is 0. The first-order valence-electron chi connectivity index (χ1n) is 8.66. The van der Waals surface area contributed by atoms with Crippen molar-refractivity contribution in [3.63, 3.8) is 0 Å².